The number of phenols is 1. The van der Waals surface area contributed by atoms with Crippen LogP contribution >= 0.6 is 0 Å². The molecule has 0 atom stereocenters. The van der Waals surface area contributed by atoms with E-state index in [1.54, 1.807) is 6.07 Å². The molecule has 0 bridgehead atoms. The van der Waals surface area contributed by atoms with Gasteiger partial charge in [0.15, 0.2) is 0 Å². The molecule has 8 heteroatoms. The largest absolute Gasteiger partial charge is 0.508 e. The topological polar surface area (TPSA) is 92.2 Å². The number of hydrogen-bond donors (Lipinski definition) is 2. The average Bonchev–Trinajstić information content (AvgIpc) is 3.43. The van der Waals surface area contributed by atoms with E-state index in [9.17, 15) is 17.9 Å². The van der Waals surface area contributed by atoms with E-state index >= 15 is 0 Å². The average molecular weight is 383 g/mol. The molecule has 5 rings (SSSR count). The summed E-state index contributed by atoms with van der Waals surface area (Å²) in [5.41, 5.74) is 2.14. The summed E-state index contributed by atoms with van der Waals surface area (Å²) in [6, 6.07) is 6.90. The van der Waals surface area contributed by atoms with Gasteiger partial charge in [-0.3, -0.25) is 0 Å². The maximum Gasteiger partial charge on any atom is 0.200 e. The normalized spacial score (nSPS) is 17.6. The van der Waals surface area contributed by atoms with E-state index in [4.69, 9.17) is 0 Å². The van der Waals surface area contributed by atoms with Crippen LogP contribution in [0.1, 0.15) is 18.4 Å². The summed E-state index contributed by atoms with van der Waals surface area (Å²) in [6.07, 6.45) is 3.32. The number of benzene rings is 2. The molecule has 2 aliphatic rings. The molecule has 1 saturated carbocycles. The van der Waals surface area contributed by atoms with E-state index in [1.165, 1.54) is 29.9 Å². The third-order valence-corrected chi connectivity index (χ3v) is 6.37. The van der Waals surface area contributed by atoms with Gasteiger partial charge >= 0.3 is 0 Å². The third-order valence-electron chi connectivity index (χ3n) is 4.86. The van der Waals surface area contributed by atoms with E-state index in [0.717, 1.165) is 24.5 Å². The Balaban J connectivity index is 1.67. The minimum Gasteiger partial charge on any atom is -0.508 e. The summed E-state index contributed by atoms with van der Waals surface area (Å²) in [7, 11) is -3.52. The van der Waals surface area contributed by atoms with Crippen LogP contribution in [0.2, 0.25) is 0 Å². The van der Waals surface area contributed by atoms with E-state index in [0.29, 0.717) is 22.4 Å². The van der Waals surface area contributed by atoms with Gasteiger partial charge in [0.05, 0.1) is 16.1 Å². The standard InChI is InChI=1S/C19H14FN3O3S/c20-15-4-3-11(24)5-17(15)23-19-13-7-18-12(6-16(13)21-9-22-19)14(10-1-2-10)8-27(18,25)26/h3-10,24H,1-2H2,(H,21,22,23). The van der Waals surface area contributed by atoms with Crippen LogP contribution in [-0.4, -0.2) is 23.5 Å². The molecule has 27 heavy (non-hydrogen) atoms. The second-order valence-electron chi connectivity index (χ2n) is 6.77. The molecule has 2 aromatic carbocycles. The number of fused-ring (bicyclic) bond motifs is 2. The van der Waals surface area contributed by atoms with E-state index in [2.05, 4.69) is 15.3 Å². The lowest BCUT2D eigenvalue weighted by molar-refractivity contribution is 0.473. The van der Waals surface area contributed by atoms with Crippen LogP contribution in [0.5, 0.6) is 5.75 Å². The Morgan fingerprint density at radius 2 is 1.96 bits per heavy atom. The Kier molecular flexibility index (Phi) is 3.30. The van der Waals surface area contributed by atoms with Gasteiger partial charge in [-0.05, 0) is 54.2 Å². The van der Waals surface area contributed by atoms with E-state index in [1.807, 2.05) is 0 Å². The zero-order valence-corrected chi connectivity index (χ0v) is 14.8. The summed E-state index contributed by atoms with van der Waals surface area (Å²) in [5, 5.41) is 14.2. The summed E-state index contributed by atoms with van der Waals surface area (Å²) in [4.78, 5) is 8.60. The first-order chi connectivity index (χ1) is 12.9. The Labute approximate surface area is 154 Å². The first-order valence-electron chi connectivity index (χ1n) is 8.44. The molecule has 1 aliphatic heterocycles. The lowest BCUT2D eigenvalue weighted by atomic mass is 10.0. The van der Waals surface area contributed by atoms with Gasteiger partial charge in [0.25, 0.3) is 0 Å². The van der Waals surface area contributed by atoms with Crippen LogP contribution in [0.3, 0.4) is 0 Å². The van der Waals surface area contributed by atoms with Gasteiger partial charge < -0.3 is 10.4 Å². The molecule has 0 unspecified atom stereocenters. The van der Waals surface area contributed by atoms with Crippen molar-refractivity contribution in [3.05, 3.63) is 53.4 Å². The molecule has 0 spiro atoms. The number of nitrogens with one attached hydrogen (secondary N) is 1. The fourth-order valence-corrected chi connectivity index (χ4v) is 4.93. The smallest absolute Gasteiger partial charge is 0.200 e. The quantitative estimate of drug-likeness (QED) is 0.716. The minimum atomic E-state index is -3.52. The number of anilines is 2. The van der Waals surface area contributed by atoms with Crippen molar-refractivity contribution in [2.45, 2.75) is 17.7 Å². The molecule has 1 fully saturated rings. The van der Waals surface area contributed by atoms with Gasteiger partial charge in [0, 0.05) is 16.9 Å². The zero-order valence-electron chi connectivity index (χ0n) is 14.0. The van der Waals surface area contributed by atoms with Gasteiger partial charge in [-0.15, -0.1) is 0 Å². The van der Waals surface area contributed by atoms with E-state index in [-0.39, 0.29) is 22.2 Å². The molecule has 2 N–H and O–H groups in total. The molecule has 3 aromatic rings. The second-order valence-corrected chi connectivity index (χ2v) is 8.53. The third kappa shape index (κ3) is 2.64. The highest BCUT2D eigenvalue weighted by Gasteiger charge is 2.36. The maximum absolute atomic E-state index is 14.0. The summed E-state index contributed by atoms with van der Waals surface area (Å²) >= 11 is 0. The van der Waals surface area contributed by atoms with Gasteiger partial charge in [-0.1, -0.05) is 0 Å². The van der Waals surface area contributed by atoms with Crippen molar-refractivity contribution in [3.8, 4) is 5.75 Å². The van der Waals surface area contributed by atoms with Gasteiger partial charge in [0.2, 0.25) is 9.84 Å². The van der Waals surface area contributed by atoms with Crippen LogP contribution in [0.15, 0.2) is 47.0 Å². The number of nitrogens with zero attached hydrogens (tertiary/aromatic N) is 2. The molecule has 2 heterocycles. The zero-order chi connectivity index (χ0) is 18.8. The van der Waals surface area contributed by atoms with Crippen LogP contribution in [0.4, 0.5) is 15.9 Å². The SMILES string of the molecule is O=S1(=O)C=C(C2CC2)c2cc3ncnc(Nc4cc(O)ccc4F)c3cc21. The first kappa shape index (κ1) is 16.2. The Hall–Kier alpha value is -3.00. The van der Waals surface area contributed by atoms with E-state index < -0.39 is 15.7 Å². The first-order valence-corrected chi connectivity index (χ1v) is 9.98. The summed E-state index contributed by atoms with van der Waals surface area (Å²) < 4.78 is 39.2. The highest BCUT2D eigenvalue weighted by molar-refractivity contribution is 7.95. The lowest BCUT2D eigenvalue weighted by Gasteiger charge is -2.11. The lowest BCUT2D eigenvalue weighted by Crippen LogP contribution is -2.00. The number of sulfone groups is 1. The van der Waals surface area contributed by atoms with Crippen molar-refractivity contribution in [2.75, 3.05) is 5.32 Å². The Morgan fingerprint density at radius 3 is 2.74 bits per heavy atom. The number of aromatic nitrogens is 2. The molecular weight excluding hydrogens is 369 g/mol. The maximum atomic E-state index is 14.0. The molecule has 6 nitrogen and oxygen atoms in total. The highest BCUT2D eigenvalue weighted by atomic mass is 32.2. The molecule has 1 aliphatic carbocycles. The van der Waals surface area contributed by atoms with Crippen molar-refractivity contribution in [1.29, 1.82) is 0 Å². The number of allylic oxidation sites excluding steroid dienone is 1. The fourth-order valence-electron chi connectivity index (χ4n) is 3.39. The van der Waals surface area contributed by atoms with Gasteiger partial charge in [0.1, 0.15) is 23.7 Å². The van der Waals surface area contributed by atoms with Gasteiger partial charge in [-0.2, -0.15) is 0 Å². The van der Waals surface area contributed by atoms with Crippen LogP contribution < -0.4 is 5.32 Å². The van der Waals surface area contributed by atoms with Gasteiger partial charge in [-0.25, -0.2) is 22.8 Å². The van der Waals surface area contributed by atoms with Crippen LogP contribution in [0.25, 0.3) is 16.5 Å². The minimum absolute atomic E-state index is 0.0372. The number of rotatable bonds is 3. The number of phenolic OH excluding ortho intramolecular Hbond substituents is 1. The van der Waals surface area contributed by atoms with Crippen molar-refractivity contribution in [2.24, 2.45) is 5.92 Å². The Morgan fingerprint density at radius 1 is 1.15 bits per heavy atom. The predicted molar refractivity (Wildman–Crippen MR) is 98.8 cm³/mol. The predicted octanol–water partition coefficient (Wildman–Crippen LogP) is 3.76. The molecule has 0 saturated heterocycles. The fraction of sp³-hybridized carbons (Fsp3) is 0.158. The summed E-state index contributed by atoms with van der Waals surface area (Å²) in [6.45, 7) is 0. The molecule has 1 aromatic heterocycles. The molecule has 136 valence electrons. The van der Waals surface area contributed by atoms with Crippen molar-refractivity contribution >= 4 is 37.8 Å². The molecule has 0 amide bonds. The van der Waals surface area contributed by atoms with Crippen molar-refractivity contribution in [3.63, 3.8) is 0 Å². The number of halogens is 1. The number of hydrogen-bond acceptors (Lipinski definition) is 6. The molecule has 0 radical (unpaired) electrons. The highest BCUT2D eigenvalue weighted by Crippen LogP contribution is 2.48. The van der Waals surface area contributed by atoms with Crippen LogP contribution in [0, 0.1) is 11.7 Å². The van der Waals surface area contributed by atoms with Crippen molar-refractivity contribution < 1.29 is 17.9 Å². The number of aromatic hydroxyl groups is 1. The summed E-state index contributed by atoms with van der Waals surface area (Å²) in [5.74, 6) is -0.105. The van der Waals surface area contributed by atoms with Crippen LogP contribution in [-0.2, 0) is 9.84 Å². The van der Waals surface area contributed by atoms with Crippen molar-refractivity contribution in [1.82, 2.24) is 9.97 Å². The molecular formula is C19H14FN3O3S. The Bertz CT molecular complexity index is 1250. The monoisotopic (exact) mass is 383 g/mol. The second kappa shape index (κ2) is 5.50.